The number of hydrogen-bond acceptors (Lipinski definition) is 5. The summed E-state index contributed by atoms with van der Waals surface area (Å²) in [6.07, 6.45) is 2.08. The minimum atomic E-state index is -0.115. The Morgan fingerprint density at radius 1 is 1.41 bits per heavy atom. The number of hydrogen-bond donors (Lipinski definition) is 2. The molecule has 0 spiro atoms. The number of pyridine rings is 1. The number of anilines is 1. The van der Waals surface area contributed by atoms with Gasteiger partial charge in [0.15, 0.2) is 5.65 Å². The average molecular weight is 336 g/mol. The highest BCUT2D eigenvalue weighted by molar-refractivity contribution is 7.21. The molecule has 0 atom stereocenters. The molecule has 3 aromatic heterocycles. The molecule has 1 aliphatic carbocycles. The molecule has 0 radical (unpaired) electrons. The average Bonchev–Trinajstić information content (AvgIpc) is 3.10. The van der Waals surface area contributed by atoms with Crippen molar-refractivity contribution in [2.75, 3.05) is 5.73 Å². The van der Waals surface area contributed by atoms with Gasteiger partial charge in [-0.2, -0.15) is 0 Å². The Balaban J connectivity index is 2.03. The number of rotatable bonds is 2. The lowest BCUT2D eigenvalue weighted by molar-refractivity contribution is 0.0956. The van der Waals surface area contributed by atoms with Crippen molar-refractivity contribution in [3.63, 3.8) is 0 Å². The van der Waals surface area contributed by atoms with E-state index in [0.29, 0.717) is 27.3 Å². The highest BCUT2D eigenvalue weighted by atomic mass is 35.5. The quantitative estimate of drug-likeness (QED) is 0.754. The summed E-state index contributed by atoms with van der Waals surface area (Å²) in [6.45, 7) is 3.74. The van der Waals surface area contributed by atoms with Gasteiger partial charge in [-0.05, 0) is 32.3 Å². The molecule has 22 heavy (non-hydrogen) atoms. The molecule has 0 aromatic carbocycles. The van der Waals surface area contributed by atoms with Crippen LogP contribution in [0.4, 0.5) is 5.69 Å². The summed E-state index contributed by atoms with van der Waals surface area (Å²) in [6, 6.07) is 0.290. The Bertz CT molecular complexity index is 940. The summed E-state index contributed by atoms with van der Waals surface area (Å²) < 4.78 is 1.86. The van der Waals surface area contributed by atoms with Crippen LogP contribution < -0.4 is 11.1 Å². The summed E-state index contributed by atoms with van der Waals surface area (Å²) in [4.78, 5) is 13.8. The lowest BCUT2D eigenvalue weighted by atomic mass is 10.1. The molecule has 1 amide bonds. The number of nitrogens with one attached hydrogen (secondary N) is 1. The van der Waals surface area contributed by atoms with E-state index in [-0.39, 0.29) is 5.91 Å². The van der Waals surface area contributed by atoms with Gasteiger partial charge in [0, 0.05) is 11.4 Å². The van der Waals surface area contributed by atoms with E-state index in [2.05, 4.69) is 15.5 Å². The molecule has 1 aliphatic rings. The van der Waals surface area contributed by atoms with Crippen molar-refractivity contribution in [1.29, 1.82) is 0 Å². The van der Waals surface area contributed by atoms with Crippen LogP contribution in [0.3, 0.4) is 0 Å². The van der Waals surface area contributed by atoms with E-state index >= 15 is 0 Å². The number of fused-ring (bicyclic) bond motifs is 3. The molecule has 0 unspecified atom stereocenters. The smallest absolute Gasteiger partial charge is 0.263 e. The number of amides is 1. The van der Waals surface area contributed by atoms with Gasteiger partial charge in [-0.25, -0.2) is 0 Å². The van der Waals surface area contributed by atoms with Gasteiger partial charge in [-0.3, -0.25) is 9.20 Å². The van der Waals surface area contributed by atoms with Gasteiger partial charge in [0.2, 0.25) is 0 Å². The van der Waals surface area contributed by atoms with Gasteiger partial charge in [0.05, 0.1) is 10.7 Å². The maximum absolute atomic E-state index is 12.4. The molecule has 1 fully saturated rings. The standard InChI is InChI=1S/C14H14ClN5OS/c1-5-8-10(16)11(13(21)17-7-3-4-7)22-14(8)20-6(2)18-19-12(20)9(5)15/h7H,3-4,16H2,1-2H3,(H,17,21). The molecule has 0 bridgehead atoms. The first kappa shape index (κ1) is 13.8. The summed E-state index contributed by atoms with van der Waals surface area (Å²) in [5.41, 5.74) is 8.16. The third-order valence-corrected chi connectivity index (χ3v) is 5.62. The highest BCUT2D eigenvalue weighted by Gasteiger charge is 2.28. The van der Waals surface area contributed by atoms with Gasteiger partial charge >= 0.3 is 0 Å². The fourth-order valence-electron chi connectivity index (χ4n) is 2.62. The molecule has 1 saturated carbocycles. The van der Waals surface area contributed by atoms with Gasteiger partial charge in [-0.15, -0.1) is 21.5 Å². The normalized spacial score (nSPS) is 14.9. The Labute approximate surface area is 135 Å². The first-order valence-corrected chi connectivity index (χ1v) is 8.21. The summed E-state index contributed by atoms with van der Waals surface area (Å²) in [5.74, 6) is 0.605. The molecule has 8 heteroatoms. The van der Waals surface area contributed by atoms with E-state index in [1.165, 1.54) is 11.3 Å². The van der Waals surface area contributed by atoms with E-state index in [1.807, 2.05) is 18.2 Å². The summed E-state index contributed by atoms with van der Waals surface area (Å²) in [5, 5.41) is 12.5. The van der Waals surface area contributed by atoms with Crippen molar-refractivity contribution in [2.45, 2.75) is 32.7 Å². The molecular weight excluding hydrogens is 322 g/mol. The van der Waals surface area contributed by atoms with Gasteiger partial charge in [-0.1, -0.05) is 11.6 Å². The maximum atomic E-state index is 12.4. The van der Waals surface area contributed by atoms with Crippen LogP contribution in [0.25, 0.3) is 15.9 Å². The first-order chi connectivity index (χ1) is 10.5. The summed E-state index contributed by atoms with van der Waals surface area (Å²) >= 11 is 7.76. The lowest BCUT2D eigenvalue weighted by Crippen LogP contribution is -2.25. The van der Waals surface area contributed by atoms with E-state index in [4.69, 9.17) is 17.3 Å². The van der Waals surface area contributed by atoms with Crippen LogP contribution in [0.15, 0.2) is 0 Å². The number of nitrogen functional groups attached to an aromatic ring is 1. The number of aromatic nitrogens is 3. The number of carbonyl (C=O) groups excluding carboxylic acids is 1. The molecule has 4 rings (SSSR count). The van der Waals surface area contributed by atoms with Crippen molar-refractivity contribution < 1.29 is 4.79 Å². The Morgan fingerprint density at radius 2 is 2.14 bits per heavy atom. The molecule has 0 aliphatic heterocycles. The number of nitrogens with zero attached hydrogens (tertiary/aromatic N) is 3. The Morgan fingerprint density at radius 3 is 2.82 bits per heavy atom. The minimum absolute atomic E-state index is 0.115. The van der Waals surface area contributed by atoms with Crippen molar-refractivity contribution in [2.24, 2.45) is 0 Å². The number of nitrogens with two attached hydrogens (primary N) is 1. The third kappa shape index (κ3) is 1.82. The molecule has 6 nitrogen and oxygen atoms in total. The molecule has 0 saturated heterocycles. The minimum Gasteiger partial charge on any atom is -0.397 e. The van der Waals surface area contributed by atoms with Gasteiger partial charge in [0.25, 0.3) is 5.91 Å². The van der Waals surface area contributed by atoms with Crippen molar-refractivity contribution in [1.82, 2.24) is 19.9 Å². The second-order valence-corrected chi connectivity index (χ2v) is 6.99. The van der Waals surface area contributed by atoms with Crippen LogP contribution in [0.5, 0.6) is 0 Å². The van der Waals surface area contributed by atoms with Crippen LogP contribution >= 0.6 is 22.9 Å². The zero-order valence-electron chi connectivity index (χ0n) is 12.1. The fourth-order valence-corrected chi connectivity index (χ4v) is 4.07. The second kappa shape index (κ2) is 4.57. The van der Waals surface area contributed by atoms with Crippen molar-refractivity contribution in [3.8, 4) is 0 Å². The molecule has 114 valence electrons. The van der Waals surface area contributed by atoms with Crippen LogP contribution in [0.2, 0.25) is 5.02 Å². The monoisotopic (exact) mass is 335 g/mol. The highest BCUT2D eigenvalue weighted by Crippen LogP contribution is 2.40. The van der Waals surface area contributed by atoms with Crippen LogP contribution in [0.1, 0.15) is 33.9 Å². The Kier molecular flexibility index (Phi) is 2.86. The van der Waals surface area contributed by atoms with E-state index in [9.17, 15) is 4.79 Å². The molecule has 3 aromatic rings. The first-order valence-electron chi connectivity index (χ1n) is 7.01. The second-order valence-electron chi connectivity index (χ2n) is 5.62. The van der Waals surface area contributed by atoms with E-state index in [1.54, 1.807) is 0 Å². The predicted molar refractivity (Wildman–Crippen MR) is 87.8 cm³/mol. The zero-order chi connectivity index (χ0) is 15.6. The topological polar surface area (TPSA) is 85.3 Å². The van der Waals surface area contributed by atoms with E-state index in [0.717, 1.165) is 34.4 Å². The third-order valence-electron chi connectivity index (χ3n) is 3.97. The SMILES string of the molecule is Cc1c(Cl)c2nnc(C)n2c2sc(C(=O)NC3CC3)c(N)c12. The Hall–Kier alpha value is -1.86. The largest absolute Gasteiger partial charge is 0.397 e. The van der Waals surface area contributed by atoms with E-state index < -0.39 is 0 Å². The maximum Gasteiger partial charge on any atom is 0.263 e. The molecular formula is C14H14ClN5OS. The van der Waals surface area contributed by atoms with Gasteiger partial charge < -0.3 is 11.1 Å². The number of aryl methyl sites for hydroxylation is 2. The number of carbonyl (C=O) groups is 1. The number of halogens is 1. The van der Waals surface area contributed by atoms with Crippen molar-refractivity contribution in [3.05, 3.63) is 21.3 Å². The molecule has 3 heterocycles. The fraction of sp³-hybridized carbons (Fsp3) is 0.357. The summed E-state index contributed by atoms with van der Waals surface area (Å²) in [7, 11) is 0. The zero-order valence-corrected chi connectivity index (χ0v) is 13.7. The van der Waals surface area contributed by atoms with Gasteiger partial charge in [0.1, 0.15) is 15.5 Å². The predicted octanol–water partition coefficient (Wildman–Crippen LogP) is 2.69. The molecule has 3 N–H and O–H groups in total. The van der Waals surface area contributed by atoms with Crippen molar-refractivity contribution >= 4 is 50.4 Å². The lowest BCUT2D eigenvalue weighted by Gasteiger charge is -2.05. The van der Waals surface area contributed by atoms with Crippen LogP contribution in [0, 0.1) is 13.8 Å². The van der Waals surface area contributed by atoms with Crippen LogP contribution in [-0.2, 0) is 0 Å². The van der Waals surface area contributed by atoms with Crippen LogP contribution in [-0.4, -0.2) is 26.5 Å². The number of thiophene rings is 1.